The third kappa shape index (κ3) is 2.19. The standard InChI is InChI=1S/C12H13F2N3/c1-7-12(11(6-15-2)17-16-7)9-4-3-8(13)5-10(9)14/h3-5,15H,6H2,1-2H3,(H,16,17). The van der Waals surface area contributed by atoms with Crippen LogP contribution in [0.15, 0.2) is 18.2 Å². The number of rotatable bonds is 3. The zero-order valence-corrected chi connectivity index (χ0v) is 9.64. The van der Waals surface area contributed by atoms with Gasteiger partial charge in [0.2, 0.25) is 0 Å². The van der Waals surface area contributed by atoms with Crippen LogP contribution in [0.4, 0.5) is 8.78 Å². The first-order valence-corrected chi connectivity index (χ1v) is 5.27. The Morgan fingerprint density at radius 3 is 2.76 bits per heavy atom. The van der Waals surface area contributed by atoms with Crippen molar-refractivity contribution in [1.29, 1.82) is 0 Å². The smallest absolute Gasteiger partial charge is 0.134 e. The summed E-state index contributed by atoms with van der Waals surface area (Å²) in [5.41, 5.74) is 2.54. The topological polar surface area (TPSA) is 40.7 Å². The molecule has 0 spiro atoms. The largest absolute Gasteiger partial charge is 0.314 e. The predicted molar refractivity (Wildman–Crippen MR) is 61.4 cm³/mol. The molecule has 0 unspecified atom stereocenters. The zero-order chi connectivity index (χ0) is 12.4. The number of benzene rings is 1. The van der Waals surface area contributed by atoms with Gasteiger partial charge in [0.25, 0.3) is 0 Å². The van der Waals surface area contributed by atoms with Crippen molar-refractivity contribution >= 4 is 0 Å². The van der Waals surface area contributed by atoms with Gasteiger partial charge in [0.05, 0.1) is 5.69 Å². The Hall–Kier alpha value is -1.75. The highest BCUT2D eigenvalue weighted by molar-refractivity contribution is 5.69. The minimum absolute atomic E-state index is 0.364. The summed E-state index contributed by atoms with van der Waals surface area (Å²) in [5.74, 6) is -1.16. The molecule has 0 atom stereocenters. The lowest BCUT2D eigenvalue weighted by Crippen LogP contribution is -2.06. The van der Waals surface area contributed by atoms with Gasteiger partial charge >= 0.3 is 0 Å². The highest BCUT2D eigenvalue weighted by Gasteiger charge is 2.15. The van der Waals surface area contributed by atoms with Crippen LogP contribution in [-0.4, -0.2) is 17.2 Å². The van der Waals surface area contributed by atoms with Crippen molar-refractivity contribution < 1.29 is 8.78 Å². The maximum Gasteiger partial charge on any atom is 0.134 e. The Morgan fingerprint density at radius 2 is 2.12 bits per heavy atom. The van der Waals surface area contributed by atoms with E-state index in [0.717, 1.165) is 17.5 Å². The number of hydrogen-bond donors (Lipinski definition) is 2. The van der Waals surface area contributed by atoms with E-state index in [2.05, 4.69) is 15.5 Å². The third-order valence-electron chi connectivity index (χ3n) is 2.57. The van der Waals surface area contributed by atoms with Crippen LogP contribution in [0, 0.1) is 18.6 Å². The molecule has 2 rings (SSSR count). The Kier molecular flexibility index (Phi) is 3.19. The number of H-pyrrole nitrogens is 1. The molecule has 1 heterocycles. The first-order valence-electron chi connectivity index (χ1n) is 5.27. The summed E-state index contributed by atoms with van der Waals surface area (Å²) >= 11 is 0. The van der Waals surface area contributed by atoms with Gasteiger partial charge in [0.1, 0.15) is 11.6 Å². The molecular formula is C12H13F2N3. The molecule has 0 amide bonds. The van der Waals surface area contributed by atoms with Crippen molar-refractivity contribution in [2.24, 2.45) is 0 Å². The lowest BCUT2D eigenvalue weighted by Gasteiger charge is -2.05. The van der Waals surface area contributed by atoms with Crippen LogP contribution in [0.5, 0.6) is 0 Å². The summed E-state index contributed by atoms with van der Waals surface area (Å²) in [5, 5.41) is 9.87. The molecule has 0 aliphatic heterocycles. The molecule has 0 aliphatic carbocycles. The average Bonchev–Trinajstić information content (AvgIpc) is 2.62. The Labute approximate surface area is 97.9 Å². The van der Waals surface area contributed by atoms with Crippen LogP contribution in [0.3, 0.4) is 0 Å². The fraction of sp³-hybridized carbons (Fsp3) is 0.250. The van der Waals surface area contributed by atoms with Gasteiger partial charge in [-0.1, -0.05) is 0 Å². The summed E-state index contributed by atoms with van der Waals surface area (Å²) in [4.78, 5) is 0. The maximum atomic E-state index is 13.7. The molecule has 0 aliphatic rings. The van der Waals surface area contributed by atoms with E-state index in [1.54, 1.807) is 7.05 Å². The minimum atomic E-state index is -0.581. The van der Waals surface area contributed by atoms with E-state index in [-0.39, 0.29) is 0 Å². The summed E-state index contributed by atoms with van der Waals surface area (Å²) in [6.07, 6.45) is 0. The monoisotopic (exact) mass is 237 g/mol. The lowest BCUT2D eigenvalue weighted by molar-refractivity contribution is 0.585. The van der Waals surface area contributed by atoms with E-state index >= 15 is 0 Å². The quantitative estimate of drug-likeness (QED) is 0.860. The highest BCUT2D eigenvalue weighted by Crippen LogP contribution is 2.28. The molecule has 0 saturated heterocycles. The first kappa shape index (κ1) is 11.7. The number of nitrogens with one attached hydrogen (secondary N) is 2. The molecule has 1 aromatic heterocycles. The minimum Gasteiger partial charge on any atom is -0.314 e. The SMILES string of the molecule is CNCc1n[nH]c(C)c1-c1ccc(F)cc1F. The third-order valence-corrected chi connectivity index (χ3v) is 2.57. The summed E-state index contributed by atoms with van der Waals surface area (Å²) in [7, 11) is 1.79. The van der Waals surface area contributed by atoms with Gasteiger partial charge in [-0.3, -0.25) is 5.10 Å². The van der Waals surface area contributed by atoms with Crippen molar-refractivity contribution in [2.45, 2.75) is 13.5 Å². The first-order chi connectivity index (χ1) is 8.13. The van der Waals surface area contributed by atoms with Gasteiger partial charge in [0, 0.05) is 29.4 Å². The molecule has 2 aromatic rings. The molecule has 90 valence electrons. The van der Waals surface area contributed by atoms with E-state index in [0.29, 0.717) is 17.7 Å². The normalized spacial score (nSPS) is 10.8. The van der Waals surface area contributed by atoms with E-state index in [1.807, 2.05) is 6.92 Å². The fourth-order valence-corrected chi connectivity index (χ4v) is 1.82. The van der Waals surface area contributed by atoms with E-state index in [1.165, 1.54) is 12.1 Å². The van der Waals surface area contributed by atoms with E-state index < -0.39 is 11.6 Å². The Bertz CT molecular complexity index is 535. The fourth-order valence-electron chi connectivity index (χ4n) is 1.82. The number of aromatic nitrogens is 2. The van der Waals surface area contributed by atoms with Crippen LogP contribution >= 0.6 is 0 Å². The van der Waals surface area contributed by atoms with Gasteiger partial charge in [0.15, 0.2) is 0 Å². The van der Waals surface area contributed by atoms with E-state index in [4.69, 9.17) is 0 Å². The molecule has 17 heavy (non-hydrogen) atoms. The van der Waals surface area contributed by atoms with Crippen LogP contribution < -0.4 is 5.32 Å². The number of aromatic amines is 1. The van der Waals surface area contributed by atoms with Crippen LogP contribution in [0.1, 0.15) is 11.4 Å². The molecule has 0 saturated carbocycles. The van der Waals surface area contributed by atoms with Gasteiger partial charge in [-0.15, -0.1) is 0 Å². The maximum absolute atomic E-state index is 13.7. The van der Waals surface area contributed by atoms with Crippen LogP contribution in [-0.2, 0) is 6.54 Å². The second-order valence-electron chi connectivity index (χ2n) is 3.82. The second-order valence-corrected chi connectivity index (χ2v) is 3.82. The zero-order valence-electron chi connectivity index (χ0n) is 9.64. The van der Waals surface area contributed by atoms with Crippen LogP contribution in [0.2, 0.25) is 0 Å². The molecule has 0 fully saturated rings. The van der Waals surface area contributed by atoms with Crippen molar-refractivity contribution in [1.82, 2.24) is 15.5 Å². The second kappa shape index (κ2) is 4.63. The lowest BCUT2D eigenvalue weighted by atomic mass is 10.0. The molecule has 3 nitrogen and oxygen atoms in total. The highest BCUT2D eigenvalue weighted by atomic mass is 19.1. The van der Waals surface area contributed by atoms with E-state index in [9.17, 15) is 8.78 Å². The molecule has 5 heteroatoms. The van der Waals surface area contributed by atoms with Gasteiger partial charge in [-0.05, 0) is 26.1 Å². The van der Waals surface area contributed by atoms with Crippen molar-refractivity contribution in [3.8, 4) is 11.1 Å². The molecule has 0 bridgehead atoms. The number of nitrogens with zero attached hydrogens (tertiary/aromatic N) is 1. The van der Waals surface area contributed by atoms with Gasteiger partial charge in [-0.2, -0.15) is 5.10 Å². The Balaban J connectivity index is 2.55. The average molecular weight is 237 g/mol. The Morgan fingerprint density at radius 1 is 1.35 bits per heavy atom. The molecular weight excluding hydrogens is 224 g/mol. The summed E-state index contributed by atoms with van der Waals surface area (Å²) < 4.78 is 26.6. The predicted octanol–water partition coefficient (Wildman–Crippen LogP) is 2.38. The number of halogens is 2. The van der Waals surface area contributed by atoms with Crippen LogP contribution in [0.25, 0.3) is 11.1 Å². The molecule has 1 aromatic carbocycles. The molecule has 2 N–H and O–H groups in total. The van der Waals surface area contributed by atoms with Crippen molar-refractivity contribution in [3.63, 3.8) is 0 Å². The number of hydrogen-bond acceptors (Lipinski definition) is 2. The number of aryl methyl sites for hydroxylation is 1. The van der Waals surface area contributed by atoms with Gasteiger partial charge in [-0.25, -0.2) is 8.78 Å². The summed E-state index contributed by atoms with van der Waals surface area (Å²) in [6.45, 7) is 2.33. The summed E-state index contributed by atoms with van der Waals surface area (Å²) in [6, 6.07) is 3.56. The van der Waals surface area contributed by atoms with Gasteiger partial charge < -0.3 is 5.32 Å². The van der Waals surface area contributed by atoms with Crippen molar-refractivity contribution in [3.05, 3.63) is 41.2 Å². The molecule has 0 radical (unpaired) electrons. The van der Waals surface area contributed by atoms with Crippen molar-refractivity contribution in [2.75, 3.05) is 7.05 Å².